The molecule has 0 spiro atoms. The average molecular weight is 256 g/mol. The van der Waals surface area contributed by atoms with E-state index in [9.17, 15) is 0 Å². The molecule has 0 rings (SSSR count). The minimum atomic E-state index is 0.924. The number of halogens is 1. The minimum Gasteiger partial charge on any atom is -0.377 e. The lowest BCUT2D eigenvalue weighted by Gasteiger charge is -2.17. The van der Waals surface area contributed by atoms with E-state index in [1.165, 1.54) is 5.57 Å². The first-order valence-corrected chi connectivity index (χ1v) is 5.23. The van der Waals surface area contributed by atoms with Crippen molar-refractivity contribution in [2.24, 2.45) is 0 Å². The summed E-state index contributed by atoms with van der Waals surface area (Å²) in [6, 6.07) is 0. The molecule has 0 aromatic rings. The summed E-state index contributed by atoms with van der Waals surface area (Å²) in [5.41, 5.74) is 3.22. The summed E-state index contributed by atoms with van der Waals surface area (Å²) in [5.74, 6) is 0. The fourth-order valence-electron chi connectivity index (χ4n) is 0.878. The molecule has 0 saturated carbocycles. The van der Waals surface area contributed by atoms with Crippen molar-refractivity contribution in [2.75, 3.05) is 14.1 Å². The Morgan fingerprint density at radius 2 is 1.79 bits per heavy atom. The van der Waals surface area contributed by atoms with Crippen molar-refractivity contribution in [1.82, 2.24) is 4.90 Å². The largest absolute Gasteiger partial charge is 0.377 e. The Kier molecular flexibility index (Phi) is 5.55. The smallest absolute Gasteiger partial charge is 0.0439 e. The van der Waals surface area contributed by atoms with E-state index in [2.05, 4.69) is 49.0 Å². The molecule has 0 aromatic heterocycles. The van der Waals surface area contributed by atoms with Crippen molar-refractivity contribution in [3.63, 3.8) is 0 Å². The second kappa shape index (κ2) is 5.86. The lowest BCUT2D eigenvalue weighted by Crippen LogP contribution is -2.12. The van der Waals surface area contributed by atoms with Crippen LogP contribution in [-0.2, 0) is 0 Å². The Hall–Kier alpha value is -0.760. The van der Waals surface area contributed by atoms with Crippen LogP contribution in [0, 0.1) is 0 Å². The van der Waals surface area contributed by atoms with Gasteiger partial charge in [0.05, 0.1) is 0 Å². The van der Waals surface area contributed by atoms with Crippen molar-refractivity contribution in [3.05, 3.63) is 46.6 Å². The zero-order valence-corrected chi connectivity index (χ0v) is 11.0. The Morgan fingerprint density at radius 1 is 1.29 bits per heavy atom. The third kappa shape index (κ3) is 3.97. The lowest BCUT2D eigenvalue weighted by molar-refractivity contribution is 0.525. The number of hydrogen-bond donors (Lipinski definition) is 0. The number of allylic oxidation sites excluding steroid dienone is 4. The van der Waals surface area contributed by atoms with E-state index in [4.69, 9.17) is 0 Å². The van der Waals surface area contributed by atoms with Gasteiger partial charge >= 0.3 is 0 Å². The van der Waals surface area contributed by atoms with Gasteiger partial charge in [-0.05, 0) is 25.5 Å². The quantitative estimate of drug-likeness (QED) is 0.690. The highest BCUT2D eigenvalue weighted by molar-refractivity contribution is 9.11. The molecular formula is C12H18BrN. The van der Waals surface area contributed by atoms with Crippen LogP contribution < -0.4 is 0 Å². The summed E-state index contributed by atoms with van der Waals surface area (Å²) in [4.78, 5) is 2.02. The molecule has 0 saturated heterocycles. The summed E-state index contributed by atoms with van der Waals surface area (Å²) in [5, 5.41) is 0. The van der Waals surface area contributed by atoms with Crippen LogP contribution in [-0.4, -0.2) is 19.0 Å². The van der Waals surface area contributed by atoms with E-state index in [0.29, 0.717) is 0 Å². The topological polar surface area (TPSA) is 3.24 Å². The molecule has 2 heteroatoms. The summed E-state index contributed by atoms with van der Waals surface area (Å²) in [7, 11) is 3.98. The van der Waals surface area contributed by atoms with Crippen LogP contribution in [0.15, 0.2) is 46.6 Å². The van der Waals surface area contributed by atoms with E-state index in [1.54, 1.807) is 6.08 Å². The predicted octanol–water partition coefficient (Wildman–Crippen LogP) is 3.86. The van der Waals surface area contributed by atoms with Crippen LogP contribution in [0.1, 0.15) is 13.8 Å². The van der Waals surface area contributed by atoms with Gasteiger partial charge in [0.2, 0.25) is 0 Å². The van der Waals surface area contributed by atoms with E-state index in [-0.39, 0.29) is 0 Å². The van der Waals surface area contributed by atoms with Gasteiger partial charge in [-0.3, -0.25) is 0 Å². The van der Waals surface area contributed by atoms with E-state index in [0.717, 1.165) is 15.8 Å². The van der Waals surface area contributed by atoms with E-state index in [1.807, 2.05) is 19.0 Å². The fraction of sp³-hybridized carbons (Fsp3) is 0.333. The number of hydrogen-bond acceptors (Lipinski definition) is 1. The third-order valence-corrected chi connectivity index (χ3v) is 2.82. The highest BCUT2D eigenvalue weighted by Gasteiger charge is 2.02. The number of likely N-dealkylation sites (N-methyl/N-ethyl adjacent to an activating group) is 1. The molecular weight excluding hydrogens is 238 g/mol. The van der Waals surface area contributed by atoms with Gasteiger partial charge in [-0.1, -0.05) is 40.7 Å². The zero-order chi connectivity index (χ0) is 11.3. The fourth-order valence-corrected chi connectivity index (χ4v) is 1.09. The van der Waals surface area contributed by atoms with Crippen molar-refractivity contribution >= 4 is 15.9 Å². The van der Waals surface area contributed by atoms with E-state index < -0.39 is 0 Å². The molecule has 0 aliphatic carbocycles. The highest BCUT2D eigenvalue weighted by atomic mass is 79.9. The lowest BCUT2D eigenvalue weighted by atomic mass is 10.1. The predicted molar refractivity (Wildman–Crippen MR) is 68.4 cm³/mol. The molecule has 0 atom stereocenters. The monoisotopic (exact) mass is 255 g/mol. The summed E-state index contributed by atoms with van der Waals surface area (Å²) in [6.07, 6.45) is 3.82. The van der Waals surface area contributed by atoms with Crippen LogP contribution in [0.25, 0.3) is 0 Å². The molecule has 0 unspecified atom stereocenters. The van der Waals surface area contributed by atoms with Gasteiger partial charge in [0.15, 0.2) is 0 Å². The first kappa shape index (κ1) is 13.2. The molecule has 0 fully saturated rings. The maximum absolute atomic E-state index is 3.94. The van der Waals surface area contributed by atoms with Crippen LogP contribution >= 0.6 is 15.9 Å². The first-order chi connectivity index (χ1) is 6.40. The maximum Gasteiger partial charge on any atom is 0.0439 e. The highest BCUT2D eigenvalue weighted by Crippen LogP contribution is 2.20. The molecule has 0 bridgehead atoms. The summed E-state index contributed by atoms with van der Waals surface area (Å²) in [6.45, 7) is 11.8. The van der Waals surface area contributed by atoms with Crippen LogP contribution in [0.4, 0.5) is 0 Å². The van der Waals surface area contributed by atoms with Crippen molar-refractivity contribution in [2.45, 2.75) is 13.8 Å². The Balaban J connectivity index is 5.12. The van der Waals surface area contributed by atoms with Crippen molar-refractivity contribution < 1.29 is 0 Å². The molecule has 0 radical (unpaired) electrons. The number of nitrogens with zero attached hydrogens (tertiary/aromatic N) is 1. The Morgan fingerprint density at radius 3 is 2.07 bits per heavy atom. The SMILES string of the molecule is C=CC(=C)/C(=C\C(Br)=C(C)C)N(C)C. The van der Waals surface area contributed by atoms with Crippen LogP contribution in [0.5, 0.6) is 0 Å². The standard InChI is InChI=1S/C12H18BrN/c1-7-10(4)12(14(5)6)8-11(13)9(2)3/h7-8H,1,4H2,2-3,5-6H3/b12-8+. The molecule has 14 heavy (non-hydrogen) atoms. The van der Waals surface area contributed by atoms with Gasteiger partial charge < -0.3 is 4.90 Å². The molecule has 0 aromatic carbocycles. The summed E-state index contributed by atoms with van der Waals surface area (Å²) < 4.78 is 1.09. The van der Waals surface area contributed by atoms with E-state index >= 15 is 0 Å². The molecule has 1 nitrogen and oxygen atoms in total. The molecule has 0 N–H and O–H groups in total. The molecule has 0 amide bonds. The second-order valence-corrected chi connectivity index (χ2v) is 4.36. The number of rotatable bonds is 4. The van der Waals surface area contributed by atoms with Crippen LogP contribution in [0.3, 0.4) is 0 Å². The minimum absolute atomic E-state index is 0.924. The van der Waals surface area contributed by atoms with Gasteiger partial charge in [-0.2, -0.15) is 0 Å². The Bertz CT molecular complexity index is 291. The molecule has 0 aliphatic rings. The van der Waals surface area contributed by atoms with Gasteiger partial charge in [-0.15, -0.1) is 0 Å². The average Bonchev–Trinajstić information content (AvgIpc) is 2.11. The molecule has 0 heterocycles. The maximum atomic E-state index is 3.94. The Labute approximate surface area is 95.6 Å². The van der Waals surface area contributed by atoms with Gasteiger partial charge in [0, 0.05) is 24.3 Å². The van der Waals surface area contributed by atoms with Crippen molar-refractivity contribution in [1.29, 1.82) is 0 Å². The molecule has 0 aliphatic heterocycles. The zero-order valence-electron chi connectivity index (χ0n) is 9.39. The first-order valence-electron chi connectivity index (χ1n) is 4.43. The normalized spacial score (nSPS) is 10.8. The second-order valence-electron chi connectivity index (χ2n) is 3.50. The van der Waals surface area contributed by atoms with Gasteiger partial charge in [0.25, 0.3) is 0 Å². The van der Waals surface area contributed by atoms with Crippen molar-refractivity contribution in [3.8, 4) is 0 Å². The third-order valence-electron chi connectivity index (χ3n) is 1.80. The van der Waals surface area contributed by atoms with Gasteiger partial charge in [-0.25, -0.2) is 0 Å². The van der Waals surface area contributed by atoms with Gasteiger partial charge in [0.1, 0.15) is 0 Å². The molecule has 78 valence electrons. The van der Waals surface area contributed by atoms with Crippen LogP contribution in [0.2, 0.25) is 0 Å². The summed E-state index contributed by atoms with van der Waals surface area (Å²) >= 11 is 3.51.